The molecule has 0 aromatic heterocycles. The second-order valence-corrected chi connectivity index (χ2v) is 2.33. The minimum atomic E-state index is 0.208. The van der Waals surface area contributed by atoms with Gasteiger partial charge in [0.2, 0.25) is 0 Å². The van der Waals surface area contributed by atoms with Gasteiger partial charge in [0.05, 0.1) is 0 Å². The van der Waals surface area contributed by atoms with Crippen LogP contribution in [0, 0.1) is 13.0 Å². The molecule has 53 valence electrons. The zero-order valence-corrected chi connectivity index (χ0v) is 6.09. The minimum absolute atomic E-state index is 0.208. The van der Waals surface area contributed by atoms with Crippen molar-refractivity contribution in [3.05, 3.63) is 35.4 Å². The summed E-state index contributed by atoms with van der Waals surface area (Å²) in [6, 6.07) is 9.11. The molecular weight excluding hydrogens is 124 g/mol. The van der Waals surface area contributed by atoms with Gasteiger partial charge in [0.1, 0.15) is 0 Å². The third kappa shape index (κ3) is 1.85. The second kappa shape index (κ2) is 3.37. The molecule has 1 N–H and O–H groups in total. The van der Waals surface area contributed by atoms with E-state index in [1.807, 2.05) is 25.1 Å². The van der Waals surface area contributed by atoms with Gasteiger partial charge >= 0.3 is 0 Å². The highest BCUT2D eigenvalue weighted by Gasteiger charge is 1.90. The van der Waals surface area contributed by atoms with Crippen LogP contribution in [0.5, 0.6) is 0 Å². The Hall–Kier alpha value is -0.820. The van der Waals surface area contributed by atoms with E-state index in [0.717, 1.165) is 11.1 Å². The fourth-order valence-electron chi connectivity index (χ4n) is 0.911. The normalized spacial score (nSPS) is 9.80. The lowest BCUT2D eigenvalue weighted by Crippen LogP contribution is -1.90. The van der Waals surface area contributed by atoms with Crippen LogP contribution in [0.25, 0.3) is 0 Å². The predicted octanol–water partition coefficient (Wildman–Crippen LogP) is 1.33. The highest BCUT2D eigenvalue weighted by atomic mass is 16.2. The standard InChI is InChI=1S/C9H11O/c1-8-3-2-4-9(7-8)5-6-10/h2-4,10H,5-6H2,1H3. The number of aliphatic hydroxyl groups is 1. The number of rotatable bonds is 2. The predicted molar refractivity (Wildman–Crippen MR) is 40.8 cm³/mol. The monoisotopic (exact) mass is 135 g/mol. The van der Waals surface area contributed by atoms with Gasteiger partial charge < -0.3 is 5.11 Å². The van der Waals surface area contributed by atoms with Gasteiger partial charge in [-0.3, -0.25) is 0 Å². The molecule has 0 bridgehead atoms. The molecule has 1 aromatic carbocycles. The van der Waals surface area contributed by atoms with Crippen LogP contribution in [0.1, 0.15) is 11.1 Å². The molecule has 0 unspecified atom stereocenters. The van der Waals surface area contributed by atoms with Crippen LogP contribution in [-0.4, -0.2) is 11.7 Å². The molecule has 0 spiro atoms. The SMILES string of the molecule is Cc1[c]c(CCO)ccc1. The highest BCUT2D eigenvalue weighted by Crippen LogP contribution is 2.02. The van der Waals surface area contributed by atoms with Gasteiger partial charge in [-0.15, -0.1) is 0 Å². The van der Waals surface area contributed by atoms with Crippen LogP contribution in [0.4, 0.5) is 0 Å². The van der Waals surface area contributed by atoms with Crippen molar-refractivity contribution in [2.24, 2.45) is 0 Å². The van der Waals surface area contributed by atoms with Crippen LogP contribution in [0.15, 0.2) is 18.2 Å². The van der Waals surface area contributed by atoms with Crippen LogP contribution in [0.3, 0.4) is 0 Å². The summed E-state index contributed by atoms with van der Waals surface area (Å²) in [6.07, 6.45) is 0.710. The zero-order valence-electron chi connectivity index (χ0n) is 6.09. The molecule has 0 saturated carbocycles. The third-order valence-electron chi connectivity index (χ3n) is 1.38. The van der Waals surface area contributed by atoms with E-state index in [0.29, 0.717) is 6.42 Å². The molecule has 0 fully saturated rings. The quantitative estimate of drug-likeness (QED) is 0.648. The maximum Gasteiger partial charge on any atom is 0.0471 e. The van der Waals surface area contributed by atoms with E-state index in [-0.39, 0.29) is 6.61 Å². The topological polar surface area (TPSA) is 20.2 Å². The van der Waals surface area contributed by atoms with Crippen molar-refractivity contribution < 1.29 is 5.11 Å². The Kier molecular flexibility index (Phi) is 2.46. The maximum atomic E-state index is 8.59. The van der Waals surface area contributed by atoms with E-state index in [1.165, 1.54) is 0 Å². The third-order valence-corrected chi connectivity index (χ3v) is 1.38. The van der Waals surface area contributed by atoms with Gasteiger partial charge in [-0.1, -0.05) is 18.2 Å². The van der Waals surface area contributed by atoms with Gasteiger partial charge in [-0.05, 0) is 30.5 Å². The molecule has 1 aromatic rings. The van der Waals surface area contributed by atoms with Crippen molar-refractivity contribution in [1.29, 1.82) is 0 Å². The molecule has 0 aliphatic heterocycles. The Labute approximate surface area is 61.3 Å². The van der Waals surface area contributed by atoms with E-state index < -0.39 is 0 Å². The summed E-state index contributed by atoms with van der Waals surface area (Å²) in [5, 5.41) is 8.59. The van der Waals surface area contributed by atoms with Crippen LogP contribution in [-0.2, 0) is 6.42 Å². The average Bonchev–Trinajstić information content (AvgIpc) is 1.88. The first-order valence-electron chi connectivity index (χ1n) is 3.41. The minimum Gasteiger partial charge on any atom is -0.396 e. The fourth-order valence-corrected chi connectivity index (χ4v) is 0.911. The molecule has 10 heavy (non-hydrogen) atoms. The fraction of sp³-hybridized carbons (Fsp3) is 0.333. The molecule has 1 nitrogen and oxygen atoms in total. The van der Waals surface area contributed by atoms with E-state index in [4.69, 9.17) is 5.11 Å². The van der Waals surface area contributed by atoms with Crippen molar-refractivity contribution in [3.63, 3.8) is 0 Å². The van der Waals surface area contributed by atoms with Gasteiger partial charge in [-0.25, -0.2) is 0 Å². The Bertz CT molecular complexity index is 206. The first-order valence-corrected chi connectivity index (χ1v) is 3.41. The van der Waals surface area contributed by atoms with Crippen molar-refractivity contribution in [2.75, 3.05) is 6.61 Å². The molecule has 0 aliphatic carbocycles. The molecule has 1 rings (SSSR count). The summed E-state index contributed by atoms with van der Waals surface area (Å²) < 4.78 is 0. The van der Waals surface area contributed by atoms with E-state index in [2.05, 4.69) is 6.07 Å². The lowest BCUT2D eigenvalue weighted by molar-refractivity contribution is 0.299. The van der Waals surface area contributed by atoms with Gasteiger partial charge in [-0.2, -0.15) is 0 Å². The average molecular weight is 135 g/mol. The van der Waals surface area contributed by atoms with Crippen molar-refractivity contribution in [2.45, 2.75) is 13.3 Å². The lowest BCUT2D eigenvalue weighted by Gasteiger charge is -1.96. The summed E-state index contributed by atoms with van der Waals surface area (Å²) >= 11 is 0. The van der Waals surface area contributed by atoms with Gasteiger partial charge in [0, 0.05) is 6.61 Å². The first-order chi connectivity index (χ1) is 4.83. The van der Waals surface area contributed by atoms with Crippen LogP contribution >= 0.6 is 0 Å². The Morgan fingerprint density at radius 2 is 2.30 bits per heavy atom. The molecule has 0 saturated heterocycles. The maximum absolute atomic E-state index is 8.59. The number of hydrogen-bond donors (Lipinski definition) is 1. The second-order valence-electron chi connectivity index (χ2n) is 2.33. The van der Waals surface area contributed by atoms with E-state index in [9.17, 15) is 0 Å². The van der Waals surface area contributed by atoms with Crippen LogP contribution < -0.4 is 0 Å². The Balaban J connectivity index is 2.75. The molecule has 0 heterocycles. The number of hydrogen-bond acceptors (Lipinski definition) is 1. The number of aryl methyl sites for hydroxylation is 1. The number of aliphatic hydroxyl groups excluding tert-OH is 1. The summed E-state index contributed by atoms with van der Waals surface area (Å²) in [4.78, 5) is 0. The van der Waals surface area contributed by atoms with E-state index >= 15 is 0 Å². The van der Waals surface area contributed by atoms with Gasteiger partial charge in [0.25, 0.3) is 0 Å². The Morgan fingerprint density at radius 3 is 2.90 bits per heavy atom. The zero-order chi connectivity index (χ0) is 7.40. The summed E-state index contributed by atoms with van der Waals surface area (Å²) in [7, 11) is 0. The first kappa shape index (κ1) is 7.29. The van der Waals surface area contributed by atoms with E-state index in [1.54, 1.807) is 0 Å². The summed E-state index contributed by atoms with van der Waals surface area (Å²) in [6.45, 7) is 2.21. The van der Waals surface area contributed by atoms with Crippen LogP contribution in [0.2, 0.25) is 0 Å². The molecule has 1 heteroatoms. The number of benzene rings is 1. The summed E-state index contributed by atoms with van der Waals surface area (Å²) in [5.41, 5.74) is 2.22. The molecule has 0 atom stereocenters. The molecule has 0 aliphatic rings. The van der Waals surface area contributed by atoms with Crippen molar-refractivity contribution >= 4 is 0 Å². The molecule has 1 radical (unpaired) electrons. The molecule has 0 amide bonds. The smallest absolute Gasteiger partial charge is 0.0471 e. The molecular formula is C9H11O. The Morgan fingerprint density at radius 1 is 1.50 bits per heavy atom. The summed E-state index contributed by atoms with van der Waals surface area (Å²) in [5.74, 6) is 0. The lowest BCUT2D eigenvalue weighted by atomic mass is 10.1. The largest absolute Gasteiger partial charge is 0.396 e. The highest BCUT2D eigenvalue weighted by molar-refractivity contribution is 5.20. The van der Waals surface area contributed by atoms with Gasteiger partial charge in [0.15, 0.2) is 0 Å². The van der Waals surface area contributed by atoms with Crippen molar-refractivity contribution in [3.8, 4) is 0 Å². The van der Waals surface area contributed by atoms with Crippen molar-refractivity contribution in [1.82, 2.24) is 0 Å².